The molecule has 0 atom stereocenters. The SMILES string of the molecule is CCCC[P+](CCCC)(CCCC)CCCC.O=S(=O)([O-])C(F)(F)C(F)(F)C(F)(F)C(F)(F)C(F)(F)C(F)(F)F. The lowest BCUT2D eigenvalue weighted by atomic mass is 9.98. The summed E-state index contributed by atoms with van der Waals surface area (Å²) in [7, 11) is -8.42. The van der Waals surface area contributed by atoms with Gasteiger partial charge in [0.2, 0.25) is 0 Å². The molecule has 0 saturated carbocycles. The average molecular weight is 659 g/mol. The number of hydrogen-bond donors (Lipinski definition) is 0. The number of unbranched alkanes of at least 4 members (excludes halogenated alkanes) is 4. The monoisotopic (exact) mass is 658 g/mol. The molecule has 0 aliphatic carbocycles. The molecule has 0 fully saturated rings. The van der Waals surface area contributed by atoms with Crippen molar-refractivity contribution >= 4 is 17.4 Å². The molecule has 0 N–H and O–H groups in total. The average Bonchev–Trinajstić information content (AvgIpc) is 2.81. The van der Waals surface area contributed by atoms with E-state index in [1.54, 1.807) is 24.6 Å². The second kappa shape index (κ2) is 15.2. The normalized spacial score (nSPS) is 14.7. The third kappa shape index (κ3) is 9.21. The second-order valence-corrected chi connectivity index (χ2v) is 15.3. The van der Waals surface area contributed by atoms with Crippen LogP contribution >= 0.6 is 7.26 Å². The first-order valence-electron chi connectivity index (χ1n) is 12.5. The van der Waals surface area contributed by atoms with E-state index in [-0.39, 0.29) is 0 Å². The molecule has 0 aromatic rings. The maximum atomic E-state index is 12.7. The Morgan fingerprint density at radius 1 is 0.500 bits per heavy atom. The van der Waals surface area contributed by atoms with Gasteiger partial charge in [-0.25, -0.2) is 8.42 Å². The van der Waals surface area contributed by atoms with Crippen molar-refractivity contribution in [1.29, 1.82) is 0 Å². The summed E-state index contributed by atoms with van der Waals surface area (Å²) >= 11 is 0. The van der Waals surface area contributed by atoms with Crippen molar-refractivity contribution in [2.45, 2.75) is 114 Å². The Labute approximate surface area is 226 Å². The molecule has 0 bridgehead atoms. The Bertz CT molecular complexity index is 810. The van der Waals surface area contributed by atoms with E-state index in [0.717, 1.165) is 0 Å². The molecule has 0 unspecified atom stereocenters. The first-order valence-corrected chi connectivity index (χ1v) is 16.4. The highest BCUT2D eigenvalue weighted by molar-refractivity contribution is 7.86. The van der Waals surface area contributed by atoms with Gasteiger partial charge in [0.15, 0.2) is 10.1 Å². The molecule has 0 aromatic carbocycles. The zero-order chi connectivity index (χ0) is 32.5. The van der Waals surface area contributed by atoms with Crippen LogP contribution in [0.3, 0.4) is 0 Å². The van der Waals surface area contributed by atoms with Crippen molar-refractivity contribution in [2.24, 2.45) is 0 Å². The predicted octanol–water partition coefficient (Wildman–Crippen LogP) is 9.43. The number of alkyl halides is 13. The quantitative estimate of drug-likeness (QED) is 0.0889. The predicted molar refractivity (Wildman–Crippen MR) is 127 cm³/mol. The lowest BCUT2D eigenvalue weighted by molar-refractivity contribution is -0.433. The topological polar surface area (TPSA) is 57.2 Å². The lowest BCUT2D eigenvalue weighted by Crippen LogP contribution is -2.71. The fraction of sp³-hybridized carbons (Fsp3) is 1.00. The van der Waals surface area contributed by atoms with E-state index in [1.807, 2.05) is 0 Å². The molecule has 40 heavy (non-hydrogen) atoms. The molecular weight excluding hydrogens is 622 g/mol. The molecule has 0 amide bonds. The van der Waals surface area contributed by atoms with E-state index in [4.69, 9.17) is 0 Å². The highest BCUT2D eigenvalue weighted by Crippen LogP contribution is 2.62. The summed E-state index contributed by atoms with van der Waals surface area (Å²) in [4.78, 5) is 0. The number of halogens is 13. The summed E-state index contributed by atoms with van der Waals surface area (Å²) < 4.78 is 189. The van der Waals surface area contributed by atoms with Crippen molar-refractivity contribution in [1.82, 2.24) is 0 Å². The van der Waals surface area contributed by atoms with Gasteiger partial charge in [-0.1, -0.05) is 53.4 Å². The Balaban J connectivity index is 0. The van der Waals surface area contributed by atoms with Gasteiger partial charge in [0.25, 0.3) is 0 Å². The van der Waals surface area contributed by atoms with Crippen LogP contribution in [0.2, 0.25) is 0 Å². The molecule has 0 heterocycles. The Kier molecular flexibility index (Phi) is 15.8. The van der Waals surface area contributed by atoms with Crippen LogP contribution in [0.4, 0.5) is 57.1 Å². The molecule has 0 rings (SSSR count). The van der Waals surface area contributed by atoms with Gasteiger partial charge in [0.1, 0.15) is 0 Å². The van der Waals surface area contributed by atoms with E-state index in [2.05, 4.69) is 27.7 Å². The molecule has 3 nitrogen and oxygen atoms in total. The molecule has 0 aliphatic heterocycles. The van der Waals surface area contributed by atoms with Crippen LogP contribution in [0.15, 0.2) is 0 Å². The molecular formula is C22H36F13O3PS. The summed E-state index contributed by atoms with van der Waals surface area (Å²) in [6.45, 7) is 9.42. The van der Waals surface area contributed by atoms with Gasteiger partial charge in [-0.05, 0) is 25.7 Å². The van der Waals surface area contributed by atoms with Crippen LogP contribution in [0.25, 0.3) is 0 Å². The summed E-state index contributed by atoms with van der Waals surface area (Å²) in [5.74, 6) is -32.6. The van der Waals surface area contributed by atoms with Crippen LogP contribution in [0.5, 0.6) is 0 Å². The second-order valence-electron chi connectivity index (χ2n) is 9.42. The van der Waals surface area contributed by atoms with E-state index < -0.39 is 52.5 Å². The van der Waals surface area contributed by atoms with Gasteiger partial charge in [0, 0.05) is 7.26 Å². The largest absolute Gasteiger partial charge is 0.743 e. The summed E-state index contributed by atoms with van der Waals surface area (Å²) in [6.07, 6.45) is 10.3. The zero-order valence-electron chi connectivity index (χ0n) is 22.5. The van der Waals surface area contributed by atoms with Gasteiger partial charge in [0.05, 0.1) is 24.6 Å². The molecule has 0 aromatic heterocycles. The zero-order valence-corrected chi connectivity index (χ0v) is 24.2. The van der Waals surface area contributed by atoms with E-state index in [1.165, 1.54) is 51.4 Å². The summed E-state index contributed by atoms with van der Waals surface area (Å²) in [5.41, 5.74) is 0. The maximum absolute atomic E-state index is 12.7. The van der Waals surface area contributed by atoms with Crippen molar-refractivity contribution in [2.75, 3.05) is 24.6 Å². The fourth-order valence-corrected chi connectivity index (χ4v) is 9.29. The van der Waals surface area contributed by atoms with E-state index in [9.17, 15) is 70.0 Å². The fourth-order valence-electron chi connectivity index (χ4n) is 3.56. The Hall–Kier alpha value is -0.570. The lowest BCUT2D eigenvalue weighted by Gasteiger charge is -2.39. The van der Waals surface area contributed by atoms with Crippen LogP contribution < -0.4 is 0 Å². The van der Waals surface area contributed by atoms with Crippen LogP contribution in [0, 0.1) is 0 Å². The van der Waals surface area contributed by atoms with E-state index in [0.29, 0.717) is 0 Å². The minimum atomic E-state index is -8.29. The summed E-state index contributed by atoms with van der Waals surface area (Å²) in [5, 5.41) is -7.63. The third-order valence-electron chi connectivity index (χ3n) is 6.16. The minimum Gasteiger partial charge on any atom is -0.743 e. The van der Waals surface area contributed by atoms with Gasteiger partial charge in [-0.3, -0.25) is 0 Å². The van der Waals surface area contributed by atoms with Crippen molar-refractivity contribution in [3.05, 3.63) is 0 Å². The van der Waals surface area contributed by atoms with Gasteiger partial charge >= 0.3 is 35.1 Å². The number of hydrogen-bond acceptors (Lipinski definition) is 3. The van der Waals surface area contributed by atoms with Crippen LogP contribution in [0.1, 0.15) is 79.1 Å². The van der Waals surface area contributed by atoms with Gasteiger partial charge in [-0.15, -0.1) is 0 Å². The molecule has 0 spiro atoms. The van der Waals surface area contributed by atoms with E-state index >= 15 is 0 Å². The minimum absolute atomic E-state index is 0.562. The number of rotatable bonds is 17. The Morgan fingerprint density at radius 2 is 0.750 bits per heavy atom. The molecule has 244 valence electrons. The van der Waals surface area contributed by atoms with Gasteiger partial charge in [-0.2, -0.15) is 57.1 Å². The third-order valence-corrected chi connectivity index (χ3v) is 12.1. The van der Waals surface area contributed by atoms with Crippen LogP contribution in [-0.4, -0.2) is 72.7 Å². The molecule has 0 aliphatic rings. The molecule has 18 heteroatoms. The van der Waals surface area contributed by atoms with Crippen molar-refractivity contribution < 1.29 is 70.0 Å². The van der Waals surface area contributed by atoms with Gasteiger partial charge < -0.3 is 4.55 Å². The summed E-state index contributed by atoms with van der Waals surface area (Å²) in [6, 6.07) is 0. The Morgan fingerprint density at radius 3 is 0.950 bits per heavy atom. The highest BCUT2D eigenvalue weighted by Gasteiger charge is 2.91. The molecule has 0 radical (unpaired) electrons. The van der Waals surface area contributed by atoms with Crippen molar-refractivity contribution in [3.8, 4) is 0 Å². The maximum Gasteiger partial charge on any atom is 0.460 e. The van der Waals surface area contributed by atoms with Crippen molar-refractivity contribution in [3.63, 3.8) is 0 Å². The first kappa shape index (κ1) is 41.6. The standard InChI is InChI=1S/C16H36P.C6HF13O3S/c1-5-9-13-17(14-10-6-2,15-11-7-3)16-12-8-4;7-1(8,3(11,12)5(15,16)17)2(9,10)4(13,14)6(18,19)23(20,21)22/h5-16H2,1-4H3;(H,20,21,22)/q+1;/p-1. The van der Waals surface area contributed by atoms with Crippen LogP contribution in [-0.2, 0) is 10.1 Å². The first-order chi connectivity index (χ1) is 17.7. The smallest absolute Gasteiger partial charge is 0.460 e. The highest BCUT2D eigenvalue weighted by atomic mass is 32.2. The molecule has 0 saturated heterocycles.